The van der Waals surface area contributed by atoms with Crippen LogP contribution in [-0.2, 0) is 35.8 Å². The minimum absolute atomic E-state index is 0.0721. The molecule has 10 nitrogen and oxygen atoms in total. The Morgan fingerprint density at radius 3 is 2.60 bits per heavy atom. The second-order valence-corrected chi connectivity index (χ2v) is 12.8. The minimum Gasteiger partial charge on any atom is -0.461 e. The van der Waals surface area contributed by atoms with Crippen LogP contribution in [-0.4, -0.2) is 52.4 Å². The van der Waals surface area contributed by atoms with E-state index < -0.39 is 5.41 Å². The van der Waals surface area contributed by atoms with E-state index in [-0.39, 0.29) is 17.4 Å². The number of nitrogens with one attached hydrogen (secondary N) is 1. The molecule has 1 aliphatic carbocycles. The molecule has 0 spiro atoms. The van der Waals surface area contributed by atoms with Crippen molar-refractivity contribution in [3.8, 4) is 0 Å². The van der Waals surface area contributed by atoms with Crippen molar-refractivity contribution in [3.63, 3.8) is 0 Å². The highest BCUT2D eigenvalue weighted by Crippen LogP contribution is 2.39. The Hall–Kier alpha value is -4.28. The molecule has 2 amide bonds. The quantitative estimate of drug-likeness (QED) is 0.248. The molecule has 10 heteroatoms. The van der Waals surface area contributed by atoms with E-state index in [1.165, 1.54) is 12.8 Å². The van der Waals surface area contributed by atoms with Gasteiger partial charge in [0.15, 0.2) is 0 Å². The van der Waals surface area contributed by atoms with Crippen LogP contribution in [0.25, 0.3) is 11.0 Å². The first-order valence-corrected chi connectivity index (χ1v) is 15.8. The molecule has 45 heavy (non-hydrogen) atoms. The van der Waals surface area contributed by atoms with Crippen molar-refractivity contribution in [1.82, 2.24) is 19.8 Å². The summed E-state index contributed by atoms with van der Waals surface area (Å²) in [6, 6.07) is 14.3. The average Bonchev–Trinajstić information content (AvgIpc) is 3.78. The summed E-state index contributed by atoms with van der Waals surface area (Å²) >= 11 is 0. The van der Waals surface area contributed by atoms with Crippen LogP contribution in [0.3, 0.4) is 0 Å². The molecule has 0 radical (unpaired) electrons. The van der Waals surface area contributed by atoms with Gasteiger partial charge < -0.3 is 24.1 Å². The number of nitrogens with zero attached hydrogens (tertiary/aromatic N) is 5. The number of anilines is 2. The number of hydrogen-bond acceptors (Lipinski definition) is 7. The number of amides is 2. The second-order valence-electron chi connectivity index (χ2n) is 12.8. The highest BCUT2D eigenvalue weighted by atomic mass is 16.3. The van der Waals surface area contributed by atoms with Crippen LogP contribution in [0.2, 0.25) is 0 Å². The smallest absolute Gasteiger partial charge is 0.261 e. The molecule has 4 aromatic rings. The molecule has 0 bridgehead atoms. The number of rotatable bonds is 11. The van der Waals surface area contributed by atoms with Crippen molar-refractivity contribution in [1.29, 1.82) is 0 Å². The Morgan fingerprint density at radius 2 is 1.84 bits per heavy atom. The Morgan fingerprint density at radius 1 is 1.04 bits per heavy atom. The van der Waals surface area contributed by atoms with Gasteiger partial charge in [0, 0.05) is 64.8 Å². The highest BCUT2D eigenvalue weighted by molar-refractivity contribution is 6.19. The van der Waals surface area contributed by atoms with Crippen LogP contribution in [0.15, 0.2) is 64.1 Å². The molecular formula is C35H42N6O4. The Labute approximate surface area is 263 Å². The van der Waals surface area contributed by atoms with Gasteiger partial charge in [0.25, 0.3) is 5.56 Å². The lowest BCUT2D eigenvalue weighted by atomic mass is 9.90. The molecule has 1 saturated carbocycles. The van der Waals surface area contributed by atoms with Crippen molar-refractivity contribution in [2.24, 2.45) is 5.41 Å². The first kappa shape index (κ1) is 30.7. The van der Waals surface area contributed by atoms with Crippen LogP contribution in [0, 0.1) is 12.3 Å². The van der Waals surface area contributed by atoms with E-state index in [9.17, 15) is 14.4 Å². The summed E-state index contributed by atoms with van der Waals surface area (Å²) in [4.78, 5) is 50.4. The van der Waals surface area contributed by atoms with Gasteiger partial charge in [-0.05, 0) is 82.0 Å². The fourth-order valence-corrected chi connectivity index (χ4v) is 6.19. The van der Waals surface area contributed by atoms with Crippen molar-refractivity contribution >= 4 is 34.2 Å². The molecular weight excluding hydrogens is 568 g/mol. The summed E-state index contributed by atoms with van der Waals surface area (Å²) in [6.07, 6.45) is 6.04. The Bertz CT molecular complexity index is 1800. The maximum atomic E-state index is 13.4. The summed E-state index contributed by atoms with van der Waals surface area (Å²) in [5.74, 6) is 0.281. The highest BCUT2D eigenvalue weighted by Gasteiger charge is 2.45. The molecule has 2 aliphatic rings. The topological polar surface area (TPSA) is 104 Å². The molecule has 0 atom stereocenters. The molecule has 6 rings (SSSR count). The molecule has 1 aliphatic heterocycles. The summed E-state index contributed by atoms with van der Waals surface area (Å²) in [6.45, 7) is 10.6. The van der Waals surface area contributed by atoms with Gasteiger partial charge in [-0.15, -0.1) is 0 Å². The number of carbonyl (C=O) groups excluding carboxylic acids is 2. The maximum absolute atomic E-state index is 13.4. The minimum atomic E-state index is -1.16. The molecule has 1 aromatic carbocycles. The second kappa shape index (κ2) is 12.3. The molecule has 1 N–H and O–H groups in total. The van der Waals surface area contributed by atoms with E-state index in [2.05, 4.69) is 16.3 Å². The SMILES string of the molecule is CCN1C(=O)C(C)(C)C(=O)N(C)c2cc(CN(CCn3ccc4oc(C)cc4c3=O)Cc3cccnc3CNC3CC3)ccc21. The molecule has 3 aromatic heterocycles. The maximum Gasteiger partial charge on any atom is 0.261 e. The van der Waals surface area contributed by atoms with E-state index in [4.69, 9.17) is 9.40 Å². The lowest BCUT2D eigenvalue weighted by Gasteiger charge is -2.27. The first-order valence-electron chi connectivity index (χ1n) is 15.8. The summed E-state index contributed by atoms with van der Waals surface area (Å²) in [7, 11) is 1.74. The number of pyridine rings is 2. The van der Waals surface area contributed by atoms with E-state index in [0.717, 1.165) is 22.5 Å². The Kier molecular flexibility index (Phi) is 8.37. The lowest BCUT2D eigenvalue weighted by molar-refractivity contribution is -0.137. The van der Waals surface area contributed by atoms with Gasteiger partial charge in [-0.2, -0.15) is 0 Å². The van der Waals surface area contributed by atoms with Crippen molar-refractivity contribution in [2.75, 3.05) is 29.9 Å². The number of carbonyl (C=O) groups is 2. The normalized spacial score (nSPS) is 16.5. The first-order chi connectivity index (χ1) is 21.6. The summed E-state index contributed by atoms with van der Waals surface area (Å²) in [5, 5.41) is 4.17. The van der Waals surface area contributed by atoms with Crippen LogP contribution < -0.4 is 20.7 Å². The van der Waals surface area contributed by atoms with Gasteiger partial charge in [-0.3, -0.25) is 24.3 Å². The monoisotopic (exact) mass is 610 g/mol. The predicted octanol–water partition coefficient (Wildman–Crippen LogP) is 4.61. The molecule has 236 valence electrons. The summed E-state index contributed by atoms with van der Waals surface area (Å²) < 4.78 is 7.40. The number of fused-ring (bicyclic) bond motifs is 2. The third-order valence-corrected chi connectivity index (χ3v) is 8.99. The van der Waals surface area contributed by atoms with E-state index in [1.54, 1.807) is 47.5 Å². The molecule has 0 saturated heterocycles. The average molecular weight is 611 g/mol. The van der Waals surface area contributed by atoms with Gasteiger partial charge in [0.2, 0.25) is 11.8 Å². The van der Waals surface area contributed by atoms with Gasteiger partial charge in [-0.1, -0.05) is 12.1 Å². The van der Waals surface area contributed by atoms with Crippen LogP contribution >= 0.6 is 0 Å². The number of aromatic nitrogens is 2. The third kappa shape index (κ3) is 6.17. The van der Waals surface area contributed by atoms with E-state index >= 15 is 0 Å². The largest absolute Gasteiger partial charge is 0.461 e. The van der Waals surface area contributed by atoms with E-state index in [1.807, 2.05) is 50.4 Å². The van der Waals surface area contributed by atoms with Gasteiger partial charge in [-0.25, -0.2) is 0 Å². The zero-order valence-electron chi connectivity index (χ0n) is 26.8. The number of benzene rings is 1. The summed E-state index contributed by atoms with van der Waals surface area (Å²) in [5.41, 5.74) is 3.96. The van der Waals surface area contributed by atoms with Crippen LogP contribution in [0.4, 0.5) is 11.4 Å². The number of furan rings is 1. The van der Waals surface area contributed by atoms with Gasteiger partial charge >= 0.3 is 0 Å². The van der Waals surface area contributed by atoms with Crippen molar-refractivity contribution < 1.29 is 14.0 Å². The lowest BCUT2D eigenvalue weighted by Crippen LogP contribution is -2.47. The fraction of sp³-hybridized carbons (Fsp3) is 0.429. The standard InChI is InChI=1S/C35H42N6O4/c1-6-41-29-12-9-24(19-30(29)38(5)33(43)35(3,4)34(41)44)21-39(22-25-8-7-14-36-28(25)20-37-26-10-11-26)16-17-40-15-13-31-27(32(40)42)18-23(2)45-31/h7-9,12-15,18-19,26,37H,6,10-11,16-17,20-22H2,1-5H3. The number of aryl methyl sites for hydroxylation is 1. The van der Waals surface area contributed by atoms with Crippen LogP contribution in [0.1, 0.15) is 56.2 Å². The van der Waals surface area contributed by atoms with Crippen molar-refractivity contribution in [3.05, 3.63) is 87.8 Å². The molecule has 4 heterocycles. The fourth-order valence-electron chi connectivity index (χ4n) is 6.19. The van der Waals surface area contributed by atoms with Gasteiger partial charge in [0.1, 0.15) is 16.8 Å². The number of hydrogen-bond donors (Lipinski definition) is 1. The third-order valence-electron chi connectivity index (χ3n) is 8.99. The van der Waals surface area contributed by atoms with Crippen molar-refractivity contribution in [2.45, 2.75) is 72.8 Å². The van der Waals surface area contributed by atoms with Gasteiger partial charge in [0.05, 0.1) is 22.5 Å². The molecule has 1 fully saturated rings. The van der Waals surface area contributed by atoms with E-state index in [0.29, 0.717) is 67.7 Å². The Balaban J connectivity index is 1.31. The van der Waals surface area contributed by atoms with Crippen LogP contribution in [0.5, 0.6) is 0 Å². The zero-order chi connectivity index (χ0) is 31.9. The molecule has 0 unspecified atom stereocenters. The predicted molar refractivity (Wildman–Crippen MR) is 175 cm³/mol. The zero-order valence-corrected chi connectivity index (χ0v) is 26.8.